The average molecular weight is 253 g/mol. The Bertz CT molecular complexity index is 423. The fraction of sp³-hybridized carbons (Fsp3) is 0.364. The Kier molecular flexibility index (Phi) is 5.59. The van der Waals surface area contributed by atoms with Crippen molar-refractivity contribution in [2.24, 2.45) is 0 Å². The van der Waals surface area contributed by atoms with Gasteiger partial charge in [0.25, 0.3) is 0 Å². The van der Waals surface area contributed by atoms with Crippen LogP contribution >= 0.6 is 0 Å². The lowest BCUT2D eigenvalue weighted by molar-refractivity contribution is -0.144. The molecule has 0 saturated carbocycles. The minimum atomic E-state index is -1.16. The highest BCUT2D eigenvalue weighted by molar-refractivity contribution is 5.73. The number of rotatable bonds is 6. The minimum absolute atomic E-state index is 0.256. The summed E-state index contributed by atoms with van der Waals surface area (Å²) in [6.07, 6.45) is 2.47. The zero-order valence-electron chi connectivity index (χ0n) is 9.97. The van der Waals surface area contributed by atoms with Crippen molar-refractivity contribution in [3.8, 4) is 0 Å². The molecule has 0 unspecified atom stereocenters. The number of pyridine rings is 1. The predicted molar refractivity (Wildman–Crippen MR) is 62.6 cm³/mol. The van der Waals surface area contributed by atoms with Crippen LogP contribution < -0.4 is 10.8 Å². The highest BCUT2D eigenvalue weighted by Crippen LogP contribution is 2.05. The SMILES string of the molecule is CCc1cccnc1CNC(=O)NOCC(=O)O. The summed E-state index contributed by atoms with van der Waals surface area (Å²) in [4.78, 5) is 29.9. The fourth-order valence-corrected chi connectivity index (χ4v) is 1.32. The number of nitrogens with one attached hydrogen (secondary N) is 2. The summed E-state index contributed by atoms with van der Waals surface area (Å²) < 4.78 is 0. The molecule has 0 saturated heterocycles. The Balaban J connectivity index is 2.35. The number of carbonyl (C=O) groups is 2. The second-order valence-corrected chi connectivity index (χ2v) is 3.43. The van der Waals surface area contributed by atoms with Gasteiger partial charge in [-0.3, -0.25) is 9.82 Å². The Labute approximate surface area is 104 Å². The molecule has 0 aromatic carbocycles. The van der Waals surface area contributed by atoms with Gasteiger partial charge in [0.05, 0.1) is 12.2 Å². The number of aromatic nitrogens is 1. The maximum atomic E-state index is 11.2. The molecule has 1 rings (SSSR count). The molecule has 1 aromatic rings. The lowest BCUT2D eigenvalue weighted by atomic mass is 10.1. The summed E-state index contributed by atoms with van der Waals surface area (Å²) in [5.74, 6) is -1.16. The van der Waals surface area contributed by atoms with Crippen molar-refractivity contribution in [1.82, 2.24) is 15.8 Å². The summed E-state index contributed by atoms with van der Waals surface area (Å²) in [7, 11) is 0. The van der Waals surface area contributed by atoms with Crippen LogP contribution in [0.1, 0.15) is 18.2 Å². The van der Waals surface area contributed by atoms with Gasteiger partial charge in [-0.15, -0.1) is 0 Å². The van der Waals surface area contributed by atoms with Crippen LogP contribution in [0.4, 0.5) is 4.79 Å². The van der Waals surface area contributed by atoms with E-state index in [1.54, 1.807) is 6.20 Å². The van der Waals surface area contributed by atoms with Gasteiger partial charge in [-0.2, -0.15) is 0 Å². The number of aryl methyl sites for hydroxylation is 1. The Morgan fingerprint density at radius 2 is 2.28 bits per heavy atom. The van der Waals surface area contributed by atoms with Gasteiger partial charge < -0.3 is 10.4 Å². The number of carbonyl (C=O) groups excluding carboxylic acids is 1. The van der Waals surface area contributed by atoms with E-state index in [0.29, 0.717) is 0 Å². The Hall–Kier alpha value is -2.15. The minimum Gasteiger partial charge on any atom is -0.479 e. The number of urea groups is 1. The fourth-order valence-electron chi connectivity index (χ4n) is 1.32. The highest BCUT2D eigenvalue weighted by Gasteiger charge is 2.05. The van der Waals surface area contributed by atoms with Gasteiger partial charge in [0.2, 0.25) is 0 Å². The number of amides is 2. The molecular weight excluding hydrogens is 238 g/mol. The molecule has 0 atom stereocenters. The quantitative estimate of drug-likeness (QED) is 0.639. The average Bonchev–Trinajstić information content (AvgIpc) is 2.36. The third kappa shape index (κ3) is 4.79. The number of hydrogen-bond donors (Lipinski definition) is 3. The van der Waals surface area contributed by atoms with E-state index in [1.165, 1.54) is 0 Å². The first kappa shape index (κ1) is 13.9. The first-order valence-corrected chi connectivity index (χ1v) is 5.43. The number of carboxylic acid groups (broad SMARTS) is 1. The third-order valence-electron chi connectivity index (χ3n) is 2.14. The van der Waals surface area contributed by atoms with Crippen molar-refractivity contribution in [2.75, 3.05) is 6.61 Å². The number of carboxylic acids is 1. The molecule has 0 bridgehead atoms. The van der Waals surface area contributed by atoms with Gasteiger partial charge in [0, 0.05) is 6.20 Å². The molecule has 0 aliphatic carbocycles. The Morgan fingerprint density at radius 3 is 2.94 bits per heavy atom. The van der Waals surface area contributed by atoms with E-state index in [0.717, 1.165) is 17.7 Å². The molecule has 0 radical (unpaired) electrons. The zero-order valence-corrected chi connectivity index (χ0v) is 9.97. The largest absolute Gasteiger partial charge is 0.479 e. The van der Waals surface area contributed by atoms with E-state index < -0.39 is 18.6 Å². The number of aliphatic carboxylic acids is 1. The molecule has 0 aliphatic rings. The smallest absolute Gasteiger partial charge is 0.339 e. The maximum absolute atomic E-state index is 11.2. The molecule has 98 valence electrons. The first-order valence-electron chi connectivity index (χ1n) is 5.43. The van der Waals surface area contributed by atoms with E-state index in [9.17, 15) is 9.59 Å². The maximum Gasteiger partial charge on any atom is 0.339 e. The van der Waals surface area contributed by atoms with Crippen LogP contribution in [-0.2, 0) is 22.6 Å². The number of hydrogen-bond acceptors (Lipinski definition) is 4. The molecule has 0 spiro atoms. The van der Waals surface area contributed by atoms with Crippen LogP contribution in [0.25, 0.3) is 0 Å². The number of nitrogens with zero attached hydrogens (tertiary/aromatic N) is 1. The standard InChI is InChI=1S/C11H15N3O4/c1-2-8-4-3-5-12-9(8)6-13-11(17)14-18-7-10(15)16/h3-5H,2,6-7H2,1H3,(H,15,16)(H2,13,14,17). The number of hydroxylamine groups is 1. The summed E-state index contributed by atoms with van der Waals surface area (Å²) in [5, 5.41) is 10.8. The molecule has 1 aromatic heterocycles. The van der Waals surface area contributed by atoms with Crippen LogP contribution in [0.15, 0.2) is 18.3 Å². The van der Waals surface area contributed by atoms with E-state index in [4.69, 9.17) is 5.11 Å². The van der Waals surface area contributed by atoms with Gasteiger partial charge in [-0.25, -0.2) is 15.1 Å². The predicted octanol–water partition coefficient (Wildman–Crippen LogP) is 0.459. The summed E-state index contributed by atoms with van der Waals surface area (Å²) in [6, 6.07) is 3.16. The van der Waals surface area contributed by atoms with Crippen molar-refractivity contribution in [3.63, 3.8) is 0 Å². The second-order valence-electron chi connectivity index (χ2n) is 3.43. The van der Waals surface area contributed by atoms with Crippen molar-refractivity contribution in [2.45, 2.75) is 19.9 Å². The van der Waals surface area contributed by atoms with E-state index in [-0.39, 0.29) is 6.54 Å². The van der Waals surface area contributed by atoms with Crippen LogP contribution in [0.2, 0.25) is 0 Å². The molecule has 0 fully saturated rings. The van der Waals surface area contributed by atoms with Crippen LogP contribution in [-0.4, -0.2) is 28.7 Å². The van der Waals surface area contributed by atoms with E-state index in [1.807, 2.05) is 24.5 Å². The van der Waals surface area contributed by atoms with Crippen LogP contribution in [0, 0.1) is 0 Å². The van der Waals surface area contributed by atoms with Gasteiger partial charge >= 0.3 is 12.0 Å². The third-order valence-corrected chi connectivity index (χ3v) is 2.14. The van der Waals surface area contributed by atoms with Crippen molar-refractivity contribution < 1.29 is 19.5 Å². The molecule has 3 N–H and O–H groups in total. The van der Waals surface area contributed by atoms with Crippen LogP contribution in [0.3, 0.4) is 0 Å². The van der Waals surface area contributed by atoms with Crippen molar-refractivity contribution in [1.29, 1.82) is 0 Å². The lowest BCUT2D eigenvalue weighted by Crippen LogP contribution is -2.36. The van der Waals surface area contributed by atoms with Gasteiger partial charge in [-0.05, 0) is 18.1 Å². The zero-order chi connectivity index (χ0) is 13.4. The molecule has 18 heavy (non-hydrogen) atoms. The summed E-state index contributed by atoms with van der Waals surface area (Å²) >= 11 is 0. The van der Waals surface area contributed by atoms with Gasteiger partial charge in [0.15, 0.2) is 6.61 Å². The topological polar surface area (TPSA) is 101 Å². The van der Waals surface area contributed by atoms with Crippen molar-refractivity contribution in [3.05, 3.63) is 29.6 Å². The molecular formula is C11H15N3O4. The molecule has 7 heteroatoms. The monoisotopic (exact) mass is 253 g/mol. The first-order chi connectivity index (χ1) is 8.63. The molecule has 2 amide bonds. The normalized spacial score (nSPS) is 9.83. The molecule has 7 nitrogen and oxygen atoms in total. The molecule has 1 heterocycles. The summed E-state index contributed by atoms with van der Waals surface area (Å²) in [6.45, 7) is 1.67. The second kappa shape index (κ2) is 7.23. The van der Waals surface area contributed by atoms with E-state index >= 15 is 0 Å². The van der Waals surface area contributed by atoms with Gasteiger partial charge in [0.1, 0.15) is 0 Å². The van der Waals surface area contributed by atoms with Gasteiger partial charge in [-0.1, -0.05) is 13.0 Å². The highest BCUT2D eigenvalue weighted by atomic mass is 16.7. The van der Waals surface area contributed by atoms with E-state index in [2.05, 4.69) is 15.1 Å². The summed E-state index contributed by atoms with van der Waals surface area (Å²) in [5.41, 5.74) is 3.78. The Morgan fingerprint density at radius 1 is 1.50 bits per heavy atom. The lowest BCUT2D eigenvalue weighted by Gasteiger charge is -2.08. The van der Waals surface area contributed by atoms with Crippen molar-refractivity contribution >= 4 is 12.0 Å². The molecule has 0 aliphatic heterocycles. The van der Waals surface area contributed by atoms with Crippen LogP contribution in [0.5, 0.6) is 0 Å².